The van der Waals surface area contributed by atoms with Crippen molar-refractivity contribution in [3.05, 3.63) is 0 Å². The van der Waals surface area contributed by atoms with Crippen LogP contribution < -0.4 is 0 Å². The van der Waals surface area contributed by atoms with Gasteiger partial charge in [-0.3, -0.25) is 4.57 Å². The minimum atomic E-state index is -2.38. The Morgan fingerprint density at radius 2 is 1.60 bits per heavy atom. The molecular formula is C11H24NO6PS. The van der Waals surface area contributed by atoms with E-state index in [-0.39, 0.29) is 0 Å². The summed E-state index contributed by atoms with van der Waals surface area (Å²) in [5.41, 5.74) is 0. The lowest BCUT2D eigenvalue weighted by Gasteiger charge is -2.18. The molecule has 0 saturated carbocycles. The van der Waals surface area contributed by atoms with Gasteiger partial charge in [-0.05, 0) is 20.0 Å². The Labute approximate surface area is 123 Å². The van der Waals surface area contributed by atoms with Gasteiger partial charge in [0, 0.05) is 19.0 Å². The van der Waals surface area contributed by atoms with E-state index in [9.17, 15) is 4.57 Å². The first kappa shape index (κ1) is 21.7. The number of carboxylic acids is 2. The average Bonchev–Trinajstić information content (AvgIpc) is 2.35. The Kier molecular flexibility index (Phi) is 13.3. The third kappa shape index (κ3) is 13.9. The first-order valence-corrected chi connectivity index (χ1v) is 9.91. The van der Waals surface area contributed by atoms with Gasteiger partial charge in [0.1, 0.15) is 0 Å². The maximum atomic E-state index is 11.7. The van der Waals surface area contributed by atoms with E-state index in [1.54, 1.807) is 6.66 Å². The van der Waals surface area contributed by atoms with Crippen LogP contribution in [0.5, 0.6) is 0 Å². The summed E-state index contributed by atoms with van der Waals surface area (Å²) in [5, 5.41) is 14.8. The van der Waals surface area contributed by atoms with E-state index in [2.05, 4.69) is 18.7 Å². The van der Waals surface area contributed by atoms with Crippen molar-refractivity contribution in [2.75, 3.05) is 38.7 Å². The zero-order valence-corrected chi connectivity index (χ0v) is 14.1. The Bertz CT molecular complexity index is 323. The third-order valence-corrected chi connectivity index (χ3v) is 6.01. The van der Waals surface area contributed by atoms with Crippen LogP contribution in [0, 0.1) is 0 Å². The number of hydrogen-bond donors (Lipinski definition) is 2. The van der Waals surface area contributed by atoms with Crippen LogP contribution in [0.3, 0.4) is 0 Å². The fourth-order valence-electron chi connectivity index (χ4n) is 1.15. The molecule has 7 nitrogen and oxygen atoms in total. The van der Waals surface area contributed by atoms with Crippen molar-refractivity contribution in [2.45, 2.75) is 20.8 Å². The second-order valence-corrected chi connectivity index (χ2v) is 8.89. The van der Waals surface area contributed by atoms with Gasteiger partial charge in [-0.2, -0.15) is 0 Å². The van der Waals surface area contributed by atoms with Gasteiger partial charge < -0.3 is 19.6 Å². The summed E-state index contributed by atoms with van der Waals surface area (Å²) in [4.78, 5) is 20.5. The molecule has 0 heterocycles. The van der Waals surface area contributed by atoms with E-state index >= 15 is 0 Å². The Morgan fingerprint density at radius 3 is 1.90 bits per heavy atom. The molecule has 0 aliphatic rings. The molecule has 0 radical (unpaired) electrons. The number of carbonyl (C=O) groups is 2. The van der Waals surface area contributed by atoms with Crippen molar-refractivity contribution in [3.8, 4) is 0 Å². The molecule has 9 heteroatoms. The van der Waals surface area contributed by atoms with Crippen molar-refractivity contribution < 1.29 is 28.9 Å². The topological polar surface area (TPSA) is 104 Å². The quantitative estimate of drug-likeness (QED) is 0.515. The molecule has 120 valence electrons. The van der Waals surface area contributed by atoms with Gasteiger partial charge in [-0.1, -0.05) is 25.2 Å². The molecule has 0 aliphatic heterocycles. The van der Waals surface area contributed by atoms with Gasteiger partial charge in [0.05, 0.1) is 6.61 Å². The van der Waals surface area contributed by atoms with Gasteiger partial charge in [-0.15, -0.1) is 0 Å². The molecule has 2 N–H and O–H groups in total. The van der Waals surface area contributed by atoms with Crippen molar-refractivity contribution in [3.63, 3.8) is 0 Å². The summed E-state index contributed by atoms with van der Waals surface area (Å²) in [5.74, 6) is -2.76. The Hall–Kier alpha value is -0.560. The molecule has 0 aromatic heterocycles. The van der Waals surface area contributed by atoms with Crippen LogP contribution in [0.15, 0.2) is 0 Å². The standard InChI is InChI=1S/C9H22NO2PS.C2H2O4/c1-5-10(6-2)8-9-14-13(4,11)12-7-3;3-1(4)2(5)6/h5-9H2,1-4H3;(H,3,4)(H,5,6). The zero-order valence-electron chi connectivity index (χ0n) is 12.4. The minimum Gasteiger partial charge on any atom is -0.473 e. The fourth-order valence-corrected chi connectivity index (χ4v) is 4.14. The van der Waals surface area contributed by atoms with Crippen molar-refractivity contribution in [1.29, 1.82) is 0 Å². The fraction of sp³-hybridized carbons (Fsp3) is 0.818. The number of nitrogens with zero attached hydrogens (tertiary/aromatic N) is 1. The molecule has 0 saturated heterocycles. The number of aliphatic carboxylic acids is 2. The highest BCUT2D eigenvalue weighted by atomic mass is 32.7. The highest BCUT2D eigenvalue weighted by Gasteiger charge is 2.15. The predicted molar refractivity (Wildman–Crippen MR) is 80.7 cm³/mol. The van der Waals surface area contributed by atoms with E-state index in [0.29, 0.717) is 6.61 Å². The summed E-state index contributed by atoms with van der Waals surface area (Å²) in [7, 11) is 0. The van der Waals surface area contributed by atoms with Gasteiger partial charge >= 0.3 is 11.9 Å². The molecule has 1 unspecified atom stereocenters. The molecule has 1 atom stereocenters. The summed E-state index contributed by atoms with van der Waals surface area (Å²) in [6.07, 6.45) is 0. The van der Waals surface area contributed by atoms with Crippen molar-refractivity contribution in [1.82, 2.24) is 4.90 Å². The summed E-state index contributed by atoms with van der Waals surface area (Å²) in [6, 6.07) is 0. The normalized spacial score (nSPS) is 13.2. The molecule has 0 amide bonds. The van der Waals surface area contributed by atoms with Gasteiger partial charge in [0.2, 0.25) is 0 Å². The minimum absolute atomic E-state index is 0.534. The zero-order chi connectivity index (χ0) is 16.2. The molecule has 0 fully saturated rings. The first-order chi connectivity index (χ1) is 9.20. The lowest BCUT2D eigenvalue weighted by molar-refractivity contribution is -0.159. The molecule has 0 bridgehead atoms. The molecular weight excluding hydrogens is 305 g/mol. The van der Waals surface area contributed by atoms with Gasteiger partial charge in [-0.25, -0.2) is 9.59 Å². The maximum absolute atomic E-state index is 11.7. The van der Waals surface area contributed by atoms with Crippen LogP contribution in [0.25, 0.3) is 0 Å². The van der Waals surface area contributed by atoms with Crippen LogP contribution in [-0.2, 0) is 18.7 Å². The van der Waals surface area contributed by atoms with E-state index in [1.807, 2.05) is 6.92 Å². The lowest BCUT2D eigenvalue weighted by Crippen LogP contribution is -2.25. The van der Waals surface area contributed by atoms with E-state index in [1.165, 1.54) is 11.4 Å². The van der Waals surface area contributed by atoms with Crippen molar-refractivity contribution in [2.24, 2.45) is 0 Å². The largest absolute Gasteiger partial charge is 0.473 e. The highest BCUT2D eigenvalue weighted by molar-refractivity contribution is 8.56. The molecule has 0 aromatic rings. The number of carboxylic acid groups (broad SMARTS) is 2. The number of rotatable bonds is 8. The van der Waals surface area contributed by atoms with Crippen LogP contribution in [0.1, 0.15) is 20.8 Å². The Balaban J connectivity index is 0. The molecule has 0 spiro atoms. The molecule has 0 rings (SSSR count). The second-order valence-electron chi connectivity index (χ2n) is 3.66. The maximum Gasteiger partial charge on any atom is 0.414 e. The van der Waals surface area contributed by atoms with Crippen LogP contribution in [0.4, 0.5) is 0 Å². The van der Waals surface area contributed by atoms with Crippen LogP contribution >= 0.6 is 18.0 Å². The second kappa shape index (κ2) is 12.2. The molecule has 0 aliphatic carbocycles. The third-order valence-electron chi connectivity index (χ3n) is 2.17. The van der Waals surface area contributed by atoms with Gasteiger partial charge in [0.15, 0.2) is 0 Å². The average molecular weight is 329 g/mol. The van der Waals surface area contributed by atoms with Gasteiger partial charge in [0.25, 0.3) is 6.57 Å². The first-order valence-electron chi connectivity index (χ1n) is 6.25. The molecule has 0 aromatic carbocycles. The smallest absolute Gasteiger partial charge is 0.414 e. The van der Waals surface area contributed by atoms with Crippen LogP contribution in [-0.4, -0.2) is 65.7 Å². The van der Waals surface area contributed by atoms with E-state index < -0.39 is 18.5 Å². The van der Waals surface area contributed by atoms with E-state index in [0.717, 1.165) is 25.4 Å². The highest BCUT2D eigenvalue weighted by Crippen LogP contribution is 2.55. The monoisotopic (exact) mass is 329 g/mol. The lowest BCUT2D eigenvalue weighted by atomic mass is 10.5. The molecule has 20 heavy (non-hydrogen) atoms. The summed E-state index contributed by atoms with van der Waals surface area (Å²) in [6.45, 7) is 9.11. The summed E-state index contributed by atoms with van der Waals surface area (Å²) < 4.78 is 16.9. The van der Waals surface area contributed by atoms with E-state index in [4.69, 9.17) is 24.3 Å². The predicted octanol–water partition coefficient (Wildman–Crippen LogP) is 2.08. The number of hydrogen-bond acceptors (Lipinski definition) is 6. The Morgan fingerprint density at radius 1 is 1.15 bits per heavy atom. The van der Waals surface area contributed by atoms with Crippen molar-refractivity contribution >= 4 is 29.9 Å². The van der Waals surface area contributed by atoms with Crippen LogP contribution in [0.2, 0.25) is 0 Å². The summed E-state index contributed by atoms with van der Waals surface area (Å²) >= 11 is 1.45. The SMILES string of the molecule is CCOP(C)(=O)SCCN(CC)CC.O=C(O)C(=O)O.